The highest BCUT2D eigenvalue weighted by molar-refractivity contribution is 7.10. The molecule has 0 atom stereocenters. The van der Waals surface area contributed by atoms with Crippen LogP contribution in [0.2, 0.25) is 0 Å². The van der Waals surface area contributed by atoms with Crippen LogP contribution in [0.4, 0.5) is 0 Å². The van der Waals surface area contributed by atoms with Crippen LogP contribution in [-0.2, 0) is 17.8 Å². The highest BCUT2D eigenvalue weighted by Crippen LogP contribution is 2.19. The largest absolute Gasteiger partial charge is 0.497 e. The molecule has 6 nitrogen and oxygen atoms in total. The molecule has 1 amide bonds. The van der Waals surface area contributed by atoms with Crippen LogP contribution in [0.5, 0.6) is 5.75 Å². The summed E-state index contributed by atoms with van der Waals surface area (Å²) in [6.45, 7) is 0.669. The van der Waals surface area contributed by atoms with Gasteiger partial charge in [0.2, 0.25) is 5.91 Å². The number of ether oxygens (including phenoxy) is 1. The second-order valence-electron chi connectivity index (χ2n) is 5.61. The van der Waals surface area contributed by atoms with Crippen LogP contribution in [-0.4, -0.2) is 29.3 Å². The van der Waals surface area contributed by atoms with Crippen molar-refractivity contribution in [3.05, 3.63) is 69.1 Å². The van der Waals surface area contributed by atoms with E-state index in [-0.39, 0.29) is 11.5 Å². The molecule has 2 heterocycles. The van der Waals surface area contributed by atoms with Gasteiger partial charge in [-0.2, -0.15) is 5.10 Å². The Morgan fingerprint density at radius 1 is 1.19 bits per heavy atom. The zero-order valence-corrected chi connectivity index (χ0v) is 15.2. The van der Waals surface area contributed by atoms with Crippen molar-refractivity contribution in [2.75, 3.05) is 13.7 Å². The lowest BCUT2D eigenvalue weighted by Gasteiger charge is -2.09. The van der Waals surface area contributed by atoms with Crippen LogP contribution in [0.1, 0.15) is 4.88 Å². The molecule has 2 aromatic heterocycles. The molecule has 3 rings (SSSR count). The maximum absolute atomic E-state index is 12.0. The van der Waals surface area contributed by atoms with Crippen LogP contribution in [0.3, 0.4) is 0 Å². The summed E-state index contributed by atoms with van der Waals surface area (Å²) in [5, 5.41) is 9.15. The van der Waals surface area contributed by atoms with E-state index < -0.39 is 0 Å². The van der Waals surface area contributed by atoms with Crippen LogP contribution < -0.4 is 15.6 Å². The number of hydrogen-bond donors (Lipinski definition) is 1. The van der Waals surface area contributed by atoms with Crippen molar-refractivity contribution >= 4 is 17.2 Å². The quantitative estimate of drug-likeness (QED) is 0.694. The van der Waals surface area contributed by atoms with Crippen LogP contribution in [0.25, 0.3) is 11.3 Å². The Morgan fingerprint density at radius 2 is 2.00 bits per heavy atom. The Kier molecular flexibility index (Phi) is 5.80. The average Bonchev–Trinajstić information content (AvgIpc) is 3.16. The fraction of sp³-hybridized carbons (Fsp3) is 0.211. The maximum atomic E-state index is 12.0. The molecule has 0 aliphatic rings. The number of benzene rings is 1. The minimum Gasteiger partial charge on any atom is -0.497 e. The maximum Gasteiger partial charge on any atom is 0.266 e. The van der Waals surface area contributed by atoms with E-state index in [1.165, 1.54) is 10.7 Å². The topological polar surface area (TPSA) is 73.2 Å². The predicted molar refractivity (Wildman–Crippen MR) is 102 cm³/mol. The number of amides is 1. The van der Waals surface area contributed by atoms with E-state index in [2.05, 4.69) is 10.4 Å². The van der Waals surface area contributed by atoms with Gasteiger partial charge in [0.25, 0.3) is 5.56 Å². The number of hydrogen-bond acceptors (Lipinski definition) is 5. The summed E-state index contributed by atoms with van der Waals surface area (Å²) in [4.78, 5) is 24.9. The van der Waals surface area contributed by atoms with Gasteiger partial charge in [0.15, 0.2) is 0 Å². The molecule has 0 unspecified atom stereocenters. The fourth-order valence-corrected chi connectivity index (χ4v) is 3.16. The molecular weight excluding hydrogens is 350 g/mol. The first kappa shape index (κ1) is 17.9. The fourth-order valence-electron chi connectivity index (χ4n) is 2.46. The minimum absolute atomic E-state index is 0.0631. The molecule has 0 fully saturated rings. The van der Waals surface area contributed by atoms with E-state index >= 15 is 0 Å². The zero-order valence-electron chi connectivity index (χ0n) is 14.3. The Bertz CT molecular complexity index is 918. The molecule has 3 aromatic rings. The van der Waals surface area contributed by atoms with Gasteiger partial charge in [0.1, 0.15) is 5.75 Å². The second kappa shape index (κ2) is 8.44. The van der Waals surface area contributed by atoms with Crippen molar-refractivity contribution in [2.24, 2.45) is 0 Å². The average molecular weight is 369 g/mol. The zero-order chi connectivity index (χ0) is 18.4. The number of nitrogens with zero attached hydrogens (tertiary/aromatic N) is 2. The van der Waals surface area contributed by atoms with E-state index in [9.17, 15) is 9.59 Å². The lowest BCUT2D eigenvalue weighted by Crippen LogP contribution is -2.32. The van der Waals surface area contributed by atoms with Crippen molar-refractivity contribution in [3.63, 3.8) is 0 Å². The summed E-state index contributed by atoms with van der Waals surface area (Å²) in [5.41, 5.74) is 1.38. The highest BCUT2D eigenvalue weighted by Gasteiger charge is 2.06. The number of rotatable bonds is 7. The van der Waals surface area contributed by atoms with Crippen LogP contribution in [0, 0.1) is 0 Å². The minimum atomic E-state index is -0.199. The Morgan fingerprint density at radius 3 is 2.69 bits per heavy atom. The molecule has 1 N–H and O–H groups in total. The summed E-state index contributed by atoms with van der Waals surface area (Å²) in [7, 11) is 1.61. The van der Waals surface area contributed by atoms with Crippen molar-refractivity contribution in [1.82, 2.24) is 15.1 Å². The molecule has 1 aromatic carbocycles. The van der Waals surface area contributed by atoms with Gasteiger partial charge in [-0.3, -0.25) is 9.59 Å². The van der Waals surface area contributed by atoms with Crippen molar-refractivity contribution in [3.8, 4) is 17.0 Å². The van der Waals surface area contributed by atoms with Crippen molar-refractivity contribution < 1.29 is 9.53 Å². The molecular formula is C19H19N3O3S. The predicted octanol–water partition coefficient (Wildman–Crippen LogP) is 2.34. The van der Waals surface area contributed by atoms with E-state index in [0.29, 0.717) is 25.2 Å². The van der Waals surface area contributed by atoms with Gasteiger partial charge < -0.3 is 10.1 Å². The van der Waals surface area contributed by atoms with Gasteiger partial charge in [-0.1, -0.05) is 6.07 Å². The van der Waals surface area contributed by atoms with E-state index in [4.69, 9.17) is 4.74 Å². The van der Waals surface area contributed by atoms with Crippen LogP contribution >= 0.6 is 11.3 Å². The first-order valence-electron chi connectivity index (χ1n) is 8.17. The van der Waals surface area contributed by atoms with Gasteiger partial charge in [-0.05, 0) is 41.8 Å². The summed E-state index contributed by atoms with van der Waals surface area (Å²) in [6, 6.07) is 14.5. The lowest BCUT2D eigenvalue weighted by molar-refractivity contribution is -0.120. The molecule has 0 saturated carbocycles. The van der Waals surface area contributed by atoms with Gasteiger partial charge in [-0.15, -0.1) is 11.3 Å². The third-order valence-corrected chi connectivity index (χ3v) is 4.69. The van der Waals surface area contributed by atoms with Gasteiger partial charge in [0, 0.05) is 23.1 Å². The summed E-state index contributed by atoms with van der Waals surface area (Å²) in [6.07, 6.45) is 0.353. The molecule has 0 saturated heterocycles. The first-order chi connectivity index (χ1) is 12.7. The molecule has 0 radical (unpaired) electrons. The monoisotopic (exact) mass is 369 g/mol. The first-order valence-corrected chi connectivity index (χ1v) is 9.05. The number of methoxy groups -OCH3 is 1. The van der Waals surface area contributed by atoms with E-state index in [1.807, 2.05) is 41.8 Å². The summed E-state index contributed by atoms with van der Waals surface area (Å²) in [5.74, 6) is 0.697. The Balaban J connectivity index is 1.62. The third-order valence-electron chi connectivity index (χ3n) is 3.81. The SMILES string of the molecule is COc1ccc(-c2ccc(=O)n(CCNC(=O)Cc3cccs3)n2)cc1. The number of thiophene rings is 1. The van der Waals surface area contributed by atoms with Crippen molar-refractivity contribution in [2.45, 2.75) is 13.0 Å². The molecule has 0 aliphatic heterocycles. The number of carbonyl (C=O) groups excluding carboxylic acids is 1. The number of aromatic nitrogens is 2. The number of nitrogens with one attached hydrogen (secondary N) is 1. The Hall–Kier alpha value is -2.93. The Labute approximate surface area is 155 Å². The van der Waals surface area contributed by atoms with Gasteiger partial charge in [-0.25, -0.2) is 4.68 Å². The summed E-state index contributed by atoms with van der Waals surface area (Å²) < 4.78 is 6.51. The van der Waals surface area contributed by atoms with Crippen LogP contribution in [0.15, 0.2) is 58.7 Å². The lowest BCUT2D eigenvalue weighted by atomic mass is 10.1. The van der Waals surface area contributed by atoms with Gasteiger partial charge in [0.05, 0.1) is 25.8 Å². The summed E-state index contributed by atoms with van der Waals surface area (Å²) >= 11 is 1.55. The molecule has 26 heavy (non-hydrogen) atoms. The van der Waals surface area contributed by atoms with Gasteiger partial charge >= 0.3 is 0 Å². The van der Waals surface area contributed by atoms with E-state index in [1.54, 1.807) is 24.5 Å². The highest BCUT2D eigenvalue weighted by atomic mass is 32.1. The van der Waals surface area contributed by atoms with Crippen molar-refractivity contribution in [1.29, 1.82) is 0 Å². The molecule has 0 bridgehead atoms. The third kappa shape index (κ3) is 4.58. The normalized spacial score (nSPS) is 10.5. The molecule has 7 heteroatoms. The van der Waals surface area contributed by atoms with E-state index in [0.717, 1.165) is 16.2 Å². The molecule has 0 spiro atoms. The molecule has 134 valence electrons. The molecule has 0 aliphatic carbocycles. The number of carbonyl (C=O) groups is 1. The smallest absolute Gasteiger partial charge is 0.266 e. The second-order valence-corrected chi connectivity index (χ2v) is 6.65. The standard InChI is InChI=1S/C19H19N3O3S/c1-25-15-6-4-14(5-7-15)17-8-9-19(24)22(21-17)11-10-20-18(23)13-16-3-2-12-26-16/h2-9,12H,10-11,13H2,1H3,(H,20,23).